The average Bonchev–Trinajstić information content (AvgIpc) is 2.58. The zero-order valence-corrected chi connectivity index (χ0v) is 14.1. The Kier molecular flexibility index (Phi) is 7.35. The molecule has 1 aromatic rings. The third-order valence-electron chi connectivity index (χ3n) is 3.58. The largest absolute Gasteiger partial charge is 0.492 e. The third kappa shape index (κ3) is 6.08. The van der Waals surface area contributed by atoms with E-state index < -0.39 is 0 Å². The molecule has 1 aliphatic rings. The molecule has 1 heterocycles. The van der Waals surface area contributed by atoms with Crippen LogP contribution in [0.1, 0.15) is 25.3 Å². The molecule has 1 aliphatic heterocycles. The summed E-state index contributed by atoms with van der Waals surface area (Å²) in [6, 6.07) is 5.71. The number of guanidine groups is 1. The Morgan fingerprint density at radius 1 is 1.38 bits per heavy atom. The van der Waals surface area contributed by atoms with Crippen LogP contribution >= 0.6 is 0 Å². The number of carbonyl (C=O) groups excluding carboxylic acids is 1. The Morgan fingerprint density at radius 3 is 3.08 bits per heavy atom. The number of anilines is 1. The van der Waals surface area contributed by atoms with Crippen molar-refractivity contribution in [2.75, 3.05) is 38.2 Å². The third-order valence-corrected chi connectivity index (χ3v) is 3.58. The van der Waals surface area contributed by atoms with Crippen LogP contribution < -0.4 is 21.1 Å². The molecule has 2 rings (SSSR count). The Labute approximate surface area is 142 Å². The standard InChI is InChI=1S/C17H26N4O3/c1-2-23-10-3-8-19-17(18)20-9-11-24-14-5-6-15-13(12-14)4-7-16(22)21-15/h5-6,12H,2-4,7-11H2,1H3,(H,21,22)(H3,18,19,20). The van der Waals surface area contributed by atoms with Gasteiger partial charge in [0, 0.05) is 31.9 Å². The van der Waals surface area contributed by atoms with Crippen molar-refractivity contribution in [2.24, 2.45) is 10.7 Å². The van der Waals surface area contributed by atoms with Crippen LogP contribution in [-0.2, 0) is 16.0 Å². The number of carbonyl (C=O) groups is 1. The Balaban J connectivity index is 1.65. The maximum absolute atomic E-state index is 11.3. The molecule has 24 heavy (non-hydrogen) atoms. The minimum absolute atomic E-state index is 0.0661. The summed E-state index contributed by atoms with van der Waals surface area (Å²) in [4.78, 5) is 15.5. The molecule has 132 valence electrons. The lowest BCUT2D eigenvalue weighted by Gasteiger charge is -2.17. The van der Waals surface area contributed by atoms with Gasteiger partial charge >= 0.3 is 0 Å². The first-order valence-corrected chi connectivity index (χ1v) is 8.36. The molecule has 0 saturated heterocycles. The molecular formula is C17H26N4O3. The highest BCUT2D eigenvalue weighted by Gasteiger charge is 2.14. The number of aryl methyl sites for hydroxylation is 1. The van der Waals surface area contributed by atoms with Crippen LogP contribution in [0.15, 0.2) is 23.2 Å². The molecular weight excluding hydrogens is 308 g/mol. The van der Waals surface area contributed by atoms with Gasteiger partial charge in [-0.15, -0.1) is 0 Å². The summed E-state index contributed by atoms with van der Waals surface area (Å²) in [7, 11) is 0. The van der Waals surface area contributed by atoms with Crippen LogP contribution in [0.25, 0.3) is 0 Å². The number of rotatable bonds is 9. The highest BCUT2D eigenvalue weighted by Crippen LogP contribution is 2.26. The summed E-state index contributed by atoms with van der Waals surface area (Å²) < 4.78 is 10.9. The molecule has 0 spiro atoms. The topological polar surface area (TPSA) is 98.0 Å². The van der Waals surface area contributed by atoms with Crippen molar-refractivity contribution in [3.05, 3.63) is 23.8 Å². The second-order valence-electron chi connectivity index (χ2n) is 5.46. The van der Waals surface area contributed by atoms with Gasteiger partial charge in [0.15, 0.2) is 5.96 Å². The van der Waals surface area contributed by atoms with Crippen LogP contribution in [0.5, 0.6) is 5.75 Å². The highest BCUT2D eigenvalue weighted by atomic mass is 16.5. The van der Waals surface area contributed by atoms with E-state index in [1.807, 2.05) is 25.1 Å². The number of benzene rings is 1. The molecule has 0 atom stereocenters. The van der Waals surface area contributed by atoms with Gasteiger partial charge in [-0.2, -0.15) is 0 Å². The summed E-state index contributed by atoms with van der Waals surface area (Å²) in [5.74, 6) is 1.28. The molecule has 1 amide bonds. The number of aliphatic imine (C=N–C) groups is 1. The first kappa shape index (κ1) is 18.1. The molecule has 0 aromatic heterocycles. The molecule has 0 aliphatic carbocycles. The fraction of sp³-hybridized carbons (Fsp3) is 0.529. The van der Waals surface area contributed by atoms with Gasteiger partial charge in [-0.05, 0) is 43.5 Å². The minimum Gasteiger partial charge on any atom is -0.492 e. The van der Waals surface area contributed by atoms with Crippen molar-refractivity contribution in [2.45, 2.75) is 26.2 Å². The van der Waals surface area contributed by atoms with Crippen molar-refractivity contribution in [1.82, 2.24) is 5.32 Å². The van der Waals surface area contributed by atoms with Gasteiger partial charge in [0.2, 0.25) is 5.91 Å². The molecule has 7 heteroatoms. The van der Waals surface area contributed by atoms with E-state index in [0.29, 0.717) is 38.7 Å². The quantitative estimate of drug-likeness (QED) is 0.359. The van der Waals surface area contributed by atoms with Gasteiger partial charge in [-0.3, -0.25) is 9.79 Å². The van der Waals surface area contributed by atoms with Crippen LogP contribution in [0.2, 0.25) is 0 Å². The highest BCUT2D eigenvalue weighted by molar-refractivity contribution is 5.94. The molecule has 7 nitrogen and oxygen atoms in total. The SMILES string of the molecule is CCOCCCN=C(N)NCCOc1ccc2c(c1)CCC(=O)N2. The lowest BCUT2D eigenvalue weighted by Crippen LogP contribution is -2.34. The second kappa shape index (κ2) is 9.77. The van der Waals surface area contributed by atoms with E-state index in [1.165, 1.54) is 0 Å². The second-order valence-corrected chi connectivity index (χ2v) is 5.46. The summed E-state index contributed by atoms with van der Waals surface area (Å²) >= 11 is 0. The summed E-state index contributed by atoms with van der Waals surface area (Å²) in [6.07, 6.45) is 2.13. The van der Waals surface area contributed by atoms with E-state index in [9.17, 15) is 4.79 Å². The Morgan fingerprint density at radius 2 is 2.25 bits per heavy atom. The summed E-state index contributed by atoms with van der Waals surface area (Å²) in [6.45, 7) is 5.11. The predicted octanol–water partition coefficient (Wildman–Crippen LogP) is 1.28. The van der Waals surface area contributed by atoms with Crippen LogP contribution in [0.3, 0.4) is 0 Å². The van der Waals surface area contributed by atoms with Gasteiger partial charge in [-0.25, -0.2) is 0 Å². The number of nitrogens with one attached hydrogen (secondary N) is 2. The van der Waals surface area contributed by atoms with Crippen molar-refractivity contribution < 1.29 is 14.3 Å². The Hall–Kier alpha value is -2.28. The van der Waals surface area contributed by atoms with E-state index >= 15 is 0 Å². The van der Waals surface area contributed by atoms with Crippen molar-refractivity contribution in [3.8, 4) is 5.75 Å². The van der Waals surface area contributed by atoms with Crippen LogP contribution in [-0.4, -0.2) is 44.8 Å². The van der Waals surface area contributed by atoms with Crippen molar-refractivity contribution >= 4 is 17.6 Å². The molecule has 1 aromatic carbocycles. The fourth-order valence-electron chi connectivity index (χ4n) is 2.36. The zero-order valence-electron chi connectivity index (χ0n) is 14.1. The molecule has 4 N–H and O–H groups in total. The number of ether oxygens (including phenoxy) is 2. The maximum atomic E-state index is 11.3. The zero-order chi connectivity index (χ0) is 17.2. The average molecular weight is 334 g/mol. The van der Waals surface area contributed by atoms with Crippen molar-refractivity contribution in [1.29, 1.82) is 0 Å². The fourth-order valence-corrected chi connectivity index (χ4v) is 2.36. The van der Waals surface area contributed by atoms with Gasteiger partial charge in [-0.1, -0.05) is 0 Å². The number of nitrogens with zero attached hydrogens (tertiary/aromatic N) is 1. The first-order valence-electron chi connectivity index (χ1n) is 8.36. The van der Waals surface area contributed by atoms with Gasteiger partial charge in [0.25, 0.3) is 0 Å². The lowest BCUT2D eigenvalue weighted by atomic mass is 10.0. The molecule has 0 radical (unpaired) electrons. The Bertz CT molecular complexity index is 575. The number of hydrogen-bond acceptors (Lipinski definition) is 4. The predicted molar refractivity (Wildman–Crippen MR) is 94.5 cm³/mol. The number of amides is 1. The normalized spacial score (nSPS) is 14.0. The first-order chi connectivity index (χ1) is 11.7. The minimum atomic E-state index is 0.0661. The number of fused-ring (bicyclic) bond motifs is 1. The van der Waals surface area contributed by atoms with E-state index in [1.54, 1.807) is 0 Å². The summed E-state index contributed by atoms with van der Waals surface area (Å²) in [5.41, 5.74) is 7.76. The van der Waals surface area contributed by atoms with Gasteiger partial charge < -0.3 is 25.8 Å². The van der Waals surface area contributed by atoms with E-state index in [0.717, 1.165) is 36.4 Å². The smallest absolute Gasteiger partial charge is 0.224 e. The van der Waals surface area contributed by atoms with E-state index in [-0.39, 0.29) is 5.91 Å². The van der Waals surface area contributed by atoms with Crippen LogP contribution in [0.4, 0.5) is 5.69 Å². The monoisotopic (exact) mass is 334 g/mol. The number of hydrogen-bond donors (Lipinski definition) is 3. The lowest BCUT2D eigenvalue weighted by molar-refractivity contribution is -0.116. The van der Waals surface area contributed by atoms with Crippen LogP contribution in [0, 0.1) is 0 Å². The van der Waals surface area contributed by atoms with Gasteiger partial charge in [0.05, 0.1) is 6.54 Å². The maximum Gasteiger partial charge on any atom is 0.224 e. The van der Waals surface area contributed by atoms with Gasteiger partial charge in [0.1, 0.15) is 12.4 Å². The number of nitrogens with two attached hydrogens (primary N) is 1. The van der Waals surface area contributed by atoms with Crippen molar-refractivity contribution in [3.63, 3.8) is 0 Å². The van der Waals surface area contributed by atoms with E-state index in [2.05, 4.69) is 15.6 Å². The van der Waals surface area contributed by atoms with E-state index in [4.69, 9.17) is 15.2 Å². The molecule has 0 saturated carbocycles. The molecule has 0 bridgehead atoms. The molecule has 0 fully saturated rings. The molecule has 0 unspecified atom stereocenters. The summed E-state index contributed by atoms with van der Waals surface area (Å²) in [5, 5.41) is 5.87.